The van der Waals surface area contributed by atoms with E-state index in [1.54, 1.807) is 6.20 Å². The van der Waals surface area contributed by atoms with Gasteiger partial charge in [0.1, 0.15) is 0 Å². The zero-order valence-corrected chi connectivity index (χ0v) is 12.9. The highest BCUT2D eigenvalue weighted by atomic mass is 16.4. The van der Waals surface area contributed by atoms with Crippen LogP contribution in [0.4, 0.5) is 5.82 Å². The average Bonchev–Trinajstić information content (AvgIpc) is 2.59. The van der Waals surface area contributed by atoms with Crippen molar-refractivity contribution >= 4 is 22.6 Å². The minimum atomic E-state index is -0.924. The van der Waals surface area contributed by atoms with E-state index in [9.17, 15) is 9.90 Å². The fraction of sp³-hybridized carbons (Fsp3) is 0.471. The highest BCUT2D eigenvalue weighted by Gasteiger charge is 2.24. The molecule has 1 unspecified atom stereocenters. The molecule has 1 aliphatic carbocycles. The maximum Gasteiger partial charge on any atom is 0.330 e. The van der Waals surface area contributed by atoms with Crippen LogP contribution in [0.1, 0.15) is 38.5 Å². The molecule has 0 amide bonds. The molecule has 1 aromatic carbocycles. The van der Waals surface area contributed by atoms with Crippen molar-refractivity contribution in [2.45, 2.75) is 44.6 Å². The van der Waals surface area contributed by atoms with Gasteiger partial charge in [-0.3, -0.25) is 0 Å². The van der Waals surface area contributed by atoms with Crippen molar-refractivity contribution in [1.29, 1.82) is 0 Å². The molecule has 0 radical (unpaired) electrons. The fourth-order valence-corrected chi connectivity index (χ4v) is 3.15. The minimum Gasteiger partial charge on any atom is -0.480 e. The highest BCUT2D eigenvalue weighted by molar-refractivity contribution is 5.89. The summed E-state index contributed by atoms with van der Waals surface area (Å²) in [6.07, 6.45) is 8.01. The summed E-state index contributed by atoms with van der Waals surface area (Å²) in [5.41, 5.74) is 0. The van der Waals surface area contributed by atoms with E-state index in [-0.39, 0.29) is 0 Å². The van der Waals surface area contributed by atoms with Crippen LogP contribution in [-0.4, -0.2) is 27.3 Å². The van der Waals surface area contributed by atoms with Gasteiger partial charge in [0.15, 0.2) is 6.04 Å². The molecule has 1 aromatic heterocycles. The number of benzene rings is 1. The molecule has 6 heteroatoms. The molecule has 2 aromatic rings. The van der Waals surface area contributed by atoms with Gasteiger partial charge < -0.3 is 5.11 Å². The summed E-state index contributed by atoms with van der Waals surface area (Å²) < 4.78 is 0. The quantitative estimate of drug-likeness (QED) is 0.840. The van der Waals surface area contributed by atoms with Crippen LogP contribution in [0.2, 0.25) is 0 Å². The topological polar surface area (TPSA) is 87.8 Å². The molecular formula is C17H20N4O2. The number of carbonyl (C=O) groups is 1. The second kappa shape index (κ2) is 7.26. The molecule has 1 heterocycles. The third kappa shape index (κ3) is 3.88. The van der Waals surface area contributed by atoms with Crippen molar-refractivity contribution in [2.75, 3.05) is 0 Å². The molecule has 1 N–H and O–H groups in total. The van der Waals surface area contributed by atoms with E-state index < -0.39 is 12.0 Å². The van der Waals surface area contributed by atoms with Gasteiger partial charge in [0.25, 0.3) is 0 Å². The first kappa shape index (κ1) is 15.5. The molecule has 1 saturated carbocycles. The number of hydrogen-bond acceptors (Lipinski definition) is 5. The first-order valence-corrected chi connectivity index (χ1v) is 8.08. The smallest absolute Gasteiger partial charge is 0.330 e. The Hall–Kier alpha value is -2.37. The first-order valence-electron chi connectivity index (χ1n) is 8.08. The lowest BCUT2D eigenvalue weighted by Gasteiger charge is -2.22. The number of nitrogens with zero attached hydrogens (tertiary/aromatic N) is 4. The molecule has 0 spiro atoms. The van der Waals surface area contributed by atoms with Crippen LogP contribution < -0.4 is 0 Å². The number of aliphatic carboxylic acids is 1. The third-order valence-electron chi connectivity index (χ3n) is 4.41. The molecule has 6 nitrogen and oxygen atoms in total. The van der Waals surface area contributed by atoms with Gasteiger partial charge >= 0.3 is 5.97 Å². The average molecular weight is 312 g/mol. The summed E-state index contributed by atoms with van der Waals surface area (Å²) in [5, 5.41) is 27.2. The fourth-order valence-electron chi connectivity index (χ4n) is 3.15. The summed E-state index contributed by atoms with van der Waals surface area (Å²) in [7, 11) is 0. The van der Waals surface area contributed by atoms with Gasteiger partial charge in [-0.1, -0.05) is 56.4 Å². The Balaban J connectivity index is 1.78. The Bertz CT molecular complexity index is 705. The standard InChI is InChI=1S/C17H20N4O2/c22-17(23)15(10-12-6-2-1-3-7-12)19-21-16-14-9-5-4-8-13(14)11-18-20-16/h4-5,8-9,11-12,15H,1-3,6-7,10H2,(H,22,23). The largest absolute Gasteiger partial charge is 0.480 e. The SMILES string of the molecule is O=C(O)C(CC1CCCCC1)N=Nc1nncc2ccccc12. The van der Waals surface area contributed by atoms with Crippen LogP contribution in [0.15, 0.2) is 40.7 Å². The Morgan fingerprint density at radius 3 is 2.83 bits per heavy atom. The summed E-state index contributed by atoms with van der Waals surface area (Å²) in [5.74, 6) is -0.118. The molecule has 1 aliphatic rings. The van der Waals surface area contributed by atoms with E-state index in [0.717, 1.165) is 23.6 Å². The molecule has 0 saturated heterocycles. The number of carboxylic acids is 1. The summed E-state index contributed by atoms with van der Waals surface area (Å²) in [6.45, 7) is 0. The van der Waals surface area contributed by atoms with Gasteiger partial charge in [-0.15, -0.1) is 10.2 Å². The van der Waals surface area contributed by atoms with Gasteiger partial charge in [0.2, 0.25) is 5.82 Å². The van der Waals surface area contributed by atoms with Crippen molar-refractivity contribution in [3.63, 3.8) is 0 Å². The maximum atomic E-state index is 11.5. The Kier molecular flexibility index (Phi) is 4.90. The monoisotopic (exact) mass is 312 g/mol. The van der Waals surface area contributed by atoms with Gasteiger partial charge in [-0.2, -0.15) is 10.2 Å². The number of hydrogen-bond donors (Lipinski definition) is 1. The Labute approximate surface area is 134 Å². The van der Waals surface area contributed by atoms with Crippen LogP contribution in [0.3, 0.4) is 0 Å². The Morgan fingerprint density at radius 1 is 1.26 bits per heavy atom. The molecule has 23 heavy (non-hydrogen) atoms. The lowest BCUT2D eigenvalue weighted by atomic mass is 9.85. The van der Waals surface area contributed by atoms with E-state index in [0.29, 0.717) is 18.2 Å². The van der Waals surface area contributed by atoms with Gasteiger partial charge in [0.05, 0.1) is 6.20 Å². The van der Waals surface area contributed by atoms with E-state index in [4.69, 9.17) is 0 Å². The third-order valence-corrected chi connectivity index (χ3v) is 4.41. The molecule has 0 bridgehead atoms. The van der Waals surface area contributed by atoms with Crippen LogP contribution in [0.25, 0.3) is 10.8 Å². The number of aromatic nitrogens is 2. The number of carboxylic acid groups (broad SMARTS) is 1. The van der Waals surface area contributed by atoms with Gasteiger partial charge in [-0.05, 0) is 12.3 Å². The van der Waals surface area contributed by atoms with Crippen LogP contribution in [-0.2, 0) is 4.79 Å². The zero-order chi connectivity index (χ0) is 16.1. The van der Waals surface area contributed by atoms with Crippen LogP contribution in [0, 0.1) is 5.92 Å². The molecule has 0 aliphatic heterocycles. The molecule has 1 fully saturated rings. The normalized spacial score (nSPS) is 17.6. The van der Waals surface area contributed by atoms with Crippen LogP contribution in [0.5, 0.6) is 0 Å². The predicted octanol–water partition coefficient (Wildman–Crippen LogP) is 4.14. The summed E-state index contributed by atoms with van der Waals surface area (Å²) in [4.78, 5) is 11.5. The maximum absolute atomic E-state index is 11.5. The highest BCUT2D eigenvalue weighted by Crippen LogP contribution is 2.29. The summed E-state index contributed by atoms with van der Waals surface area (Å²) >= 11 is 0. The van der Waals surface area contributed by atoms with Crippen molar-refractivity contribution in [1.82, 2.24) is 10.2 Å². The molecular weight excluding hydrogens is 292 g/mol. The first-order chi connectivity index (χ1) is 11.2. The molecule has 1 atom stereocenters. The number of fused-ring (bicyclic) bond motifs is 1. The second-order valence-electron chi connectivity index (χ2n) is 6.06. The van der Waals surface area contributed by atoms with E-state index in [1.165, 1.54) is 19.3 Å². The molecule has 120 valence electrons. The second-order valence-corrected chi connectivity index (χ2v) is 6.06. The van der Waals surface area contributed by atoms with Gasteiger partial charge in [-0.25, -0.2) is 4.79 Å². The Morgan fingerprint density at radius 2 is 2.04 bits per heavy atom. The van der Waals surface area contributed by atoms with E-state index >= 15 is 0 Å². The van der Waals surface area contributed by atoms with E-state index in [1.807, 2.05) is 24.3 Å². The van der Waals surface area contributed by atoms with Crippen molar-refractivity contribution in [3.8, 4) is 0 Å². The summed E-state index contributed by atoms with van der Waals surface area (Å²) in [6, 6.07) is 6.79. The lowest BCUT2D eigenvalue weighted by molar-refractivity contribution is -0.139. The van der Waals surface area contributed by atoms with Crippen molar-refractivity contribution in [3.05, 3.63) is 30.5 Å². The lowest BCUT2D eigenvalue weighted by Crippen LogP contribution is -2.22. The minimum absolute atomic E-state index is 0.373. The number of rotatable bonds is 5. The molecule has 3 rings (SSSR count). The number of azo groups is 1. The van der Waals surface area contributed by atoms with Crippen LogP contribution >= 0.6 is 0 Å². The van der Waals surface area contributed by atoms with E-state index in [2.05, 4.69) is 20.4 Å². The predicted molar refractivity (Wildman–Crippen MR) is 86.7 cm³/mol. The zero-order valence-electron chi connectivity index (χ0n) is 12.9. The van der Waals surface area contributed by atoms with Crippen molar-refractivity contribution in [2.24, 2.45) is 16.1 Å². The van der Waals surface area contributed by atoms with Gasteiger partial charge in [0, 0.05) is 10.8 Å². The van der Waals surface area contributed by atoms with Crippen molar-refractivity contribution < 1.29 is 9.90 Å².